The Hall–Kier alpha value is -1.25. The lowest BCUT2D eigenvalue weighted by Crippen LogP contribution is -1.73. The van der Waals surface area contributed by atoms with Gasteiger partial charge in [0.1, 0.15) is 0 Å². The molecule has 0 unspecified atom stereocenters. The van der Waals surface area contributed by atoms with Gasteiger partial charge in [0.15, 0.2) is 0 Å². The minimum absolute atomic E-state index is 0.123. The Balaban J connectivity index is 0.000000292. The van der Waals surface area contributed by atoms with E-state index in [2.05, 4.69) is 6.58 Å². The topological polar surface area (TPSA) is 40.5 Å². The van der Waals surface area contributed by atoms with E-state index in [4.69, 9.17) is 21.8 Å². The summed E-state index contributed by atoms with van der Waals surface area (Å²) < 4.78 is 0. The molecular weight excluding hydrogens is 200 g/mol. The van der Waals surface area contributed by atoms with Crippen molar-refractivity contribution in [3.05, 3.63) is 53.8 Å². The van der Waals surface area contributed by atoms with Gasteiger partial charge in [-0.2, -0.15) is 0 Å². The number of aliphatic hydroxyl groups excluding tert-OH is 2. The van der Waals surface area contributed by atoms with E-state index < -0.39 is 0 Å². The van der Waals surface area contributed by atoms with E-state index in [-0.39, 0.29) is 11.6 Å². The first-order chi connectivity index (χ1) is 6.70. The Morgan fingerprint density at radius 2 is 1.86 bits per heavy atom. The maximum atomic E-state index is 8.34. The molecule has 1 rings (SSSR count). The zero-order valence-corrected chi connectivity index (χ0v) is 8.48. The van der Waals surface area contributed by atoms with E-state index in [9.17, 15) is 0 Å². The summed E-state index contributed by atoms with van der Waals surface area (Å²) in [4.78, 5) is 0. The van der Waals surface area contributed by atoms with Crippen molar-refractivity contribution in [3.63, 3.8) is 0 Å². The Kier molecular flexibility index (Phi) is 7.61. The SMILES string of the molecule is C=C(Cl)CO.OC=Cc1ccccc1. The highest BCUT2D eigenvalue weighted by atomic mass is 35.5. The molecule has 0 amide bonds. The van der Waals surface area contributed by atoms with Crippen molar-refractivity contribution in [1.82, 2.24) is 0 Å². The third kappa shape index (κ3) is 7.40. The van der Waals surface area contributed by atoms with E-state index >= 15 is 0 Å². The highest BCUT2D eigenvalue weighted by molar-refractivity contribution is 6.29. The van der Waals surface area contributed by atoms with Crippen molar-refractivity contribution < 1.29 is 10.2 Å². The van der Waals surface area contributed by atoms with Crippen LogP contribution in [0.4, 0.5) is 0 Å². The van der Waals surface area contributed by atoms with Crippen LogP contribution in [0.3, 0.4) is 0 Å². The lowest BCUT2D eigenvalue weighted by atomic mass is 10.2. The molecule has 2 nitrogen and oxygen atoms in total. The second-order valence-electron chi connectivity index (χ2n) is 2.40. The van der Waals surface area contributed by atoms with Crippen LogP contribution in [0.2, 0.25) is 0 Å². The molecule has 1 aromatic rings. The first kappa shape index (κ1) is 12.8. The minimum Gasteiger partial charge on any atom is -0.516 e. The largest absolute Gasteiger partial charge is 0.516 e. The average molecular weight is 213 g/mol. The predicted molar refractivity (Wildman–Crippen MR) is 60.2 cm³/mol. The molecule has 0 aliphatic rings. The van der Waals surface area contributed by atoms with E-state index in [1.165, 1.54) is 0 Å². The van der Waals surface area contributed by atoms with Gasteiger partial charge in [-0.05, 0) is 11.6 Å². The maximum absolute atomic E-state index is 8.34. The summed E-state index contributed by atoms with van der Waals surface area (Å²) in [5.74, 6) is 0. The lowest BCUT2D eigenvalue weighted by Gasteiger charge is -1.86. The van der Waals surface area contributed by atoms with E-state index in [1.807, 2.05) is 30.3 Å². The number of aliphatic hydroxyl groups is 2. The van der Waals surface area contributed by atoms with Crippen LogP contribution in [0.15, 0.2) is 48.2 Å². The van der Waals surface area contributed by atoms with E-state index in [0.717, 1.165) is 11.8 Å². The summed E-state index contributed by atoms with van der Waals surface area (Å²) in [5, 5.41) is 16.5. The van der Waals surface area contributed by atoms with Crippen molar-refractivity contribution in [3.8, 4) is 0 Å². The standard InChI is InChI=1S/C8H8O.C3H5ClO/c9-7-6-8-4-2-1-3-5-8;1-3(4)2-5/h1-7,9H;5H,1-2H2. The number of hydrogen-bond donors (Lipinski definition) is 2. The van der Waals surface area contributed by atoms with Crippen molar-refractivity contribution in [2.24, 2.45) is 0 Å². The Morgan fingerprint density at radius 3 is 2.21 bits per heavy atom. The van der Waals surface area contributed by atoms with Crippen molar-refractivity contribution >= 4 is 17.7 Å². The summed E-state index contributed by atoms with van der Waals surface area (Å²) in [7, 11) is 0. The molecule has 0 bridgehead atoms. The first-order valence-corrected chi connectivity index (χ1v) is 4.38. The maximum Gasteiger partial charge on any atom is 0.0797 e. The van der Waals surface area contributed by atoms with Gasteiger partial charge in [0.25, 0.3) is 0 Å². The lowest BCUT2D eigenvalue weighted by molar-refractivity contribution is 0.339. The summed E-state index contributed by atoms with van der Waals surface area (Å²) in [6.07, 6.45) is 2.68. The van der Waals surface area contributed by atoms with Crippen molar-refractivity contribution in [2.75, 3.05) is 6.61 Å². The number of rotatable bonds is 2. The summed E-state index contributed by atoms with van der Waals surface area (Å²) in [6.45, 7) is 3.07. The van der Waals surface area contributed by atoms with Gasteiger partial charge >= 0.3 is 0 Å². The van der Waals surface area contributed by atoms with Gasteiger partial charge in [-0.3, -0.25) is 0 Å². The fourth-order valence-electron chi connectivity index (χ4n) is 0.650. The minimum atomic E-state index is -0.123. The smallest absolute Gasteiger partial charge is 0.0797 e. The van der Waals surface area contributed by atoms with Gasteiger partial charge < -0.3 is 10.2 Å². The van der Waals surface area contributed by atoms with E-state index in [0.29, 0.717) is 0 Å². The van der Waals surface area contributed by atoms with Gasteiger partial charge in [-0.25, -0.2) is 0 Å². The zero-order valence-electron chi connectivity index (χ0n) is 7.73. The molecule has 0 aliphatic carbocycles. The molecule has 0 aliphatic heterocycles. The second-order valence-corrected chi connectivity index (χ2v) is 2.94. The second kappa shape index (κ2) is 8.35. The molecule has 0 radical (unpaired) electrons. The third-order valence-corrected chi connectivity index (χ3v) is 1.36. The number of benzene rings is 1. The first-order valence-electron chi connectivity index (χ1n) is 4.00. The monoisotopic (exact) mass is 212 g/mol. The number of hydrogen-bond acceptors (Lipinski definition) is 2. The van der Waals surface area contributed by atoms with Crippen LogP contribution in [0.5, 0.6) is 0 Å². The quantitative estimate of drug-likeness (QED) is 0.740. The molecule has 0 fully saturated rings. The molecule has 0 aromatic heterocycles. The fraction of sp³-hybridized carbons (Fsp3) is 0.0909. The van der Waals surface area contributed by atoms with E-state index in [1.54, 1.807) is 6.08 Å². The highest BCUT2D eigenvalue weighted by Crippen LogP contribution is 1.98. The highest BCUT2D eigenvalue weighted by Gasteiger charge is 1.78. The van der Waals surface area contributed by atoms with Crippen LogP contribution in [0, 0.1) is 0 Å². The summed E-state index contributed by atoms with van der Waals surface area (Å²) in [6, 6.07) is 9.64. The molecule has 3 heteroatoms. The zero-order chi connectivity index (χ0) is 10.8. The summed E-state index contributed by atoms with van der Waals surface area (Å²) >= 11 is 5.02. The van der Waals surface area contributed by atoms with Gasteiger partial charge in [-0.15, -0.1) is 0 Å². The van der Waals surface area contributed by atoms with Crippen LogP contribution in [-0.2, 0) is 0 Å². The normalized spacial score (nSPS) is 9.29. The third-order valence-electron chi connectivity index (χ3n) is 1.24. The van der Waals surface area contributed by atoms with Crippen LogP contribution in [0.1, 0.15) is 5.56 Å². The van der Waals surface area contributed by atoms with Crippen LogP contribution in [-0.4, -0.2) is 16.8 Å². The summed E-state index contributed by atoms with van der Waals surface area (Å²) in [5.41, 5.74) is 1.01. The molecule has 76 valence electrons. The average Bonchev–Trinajstić information content (AvgIpc) is 2.21. The van der Waals surface area contributed by atoms with Gasteiger partial charge in [-0.1, -0.05) is 48.5 Å². The predicted octanol–water partition coefficient (Wildman–Crippen LogP) is 2.95. The van der Waals surface area contributed by atoms with Crippen LogP contribution >= 0.6 is 11.6 Å². The Labute approximate surface area is 88.8 Å². The molecule has 2 N–H and O–H groups in total. The molecule has 14 heavy (non-hydrogen) atoms. The molecule has 0 saturated carbocycles. The van der Waals surface area contributed by atoms with Crippen molar-refractivity contribution in [1.29, 1.82) is 0 Å². The van der Waals surface area contributed by atoms with Gasteiger partial charge in [0, 0.05) is 5.03 Å². The Morgan fingerprint density at radius 1 is 1.36 bits per heavy atom. The fourth-order valence-corrected chi connectivity index (χ4v) is 0.650. The molecule has 1 aromatic carbocycles. The molecular formula is C11H13ClO2. The van der Waals surface area contributed by atoms with Gasteiger partial charge in [0.05, 0.1) is 12.9 Å². The molecule has 0 saturated heterocycles. The number of halogens is 1. The molecule has 0 heterocycles. The molecule has 0 spiro atoms. The van der Waals surface area contributed by atoms with Crippen LogP contribution < -0.4 is 0 Å². The van der Waals surface area contributed by atoms with Gasteiger partial charge in [0.2, 0.25) is 0 Å². The Bertz CT molecular complexity index is 281. The molecule has 0 atom stereocenters. The van der Waals surface area contributed by atoms with Crippen molar-refractivity contribution in [2.45, 2.75) is 0 Å². The van der Waals surface area contributed by atoms with Crippen LogP contribution in [0.25, 0.3) is 6.08 Å².